The van der Waals surface area contributed by atoms with Crippen LogP contribution in [0.4, 0.5) is 11.4 Å². The van der Waals surface area contributed by atoms with Crippen LogP contribution in [-0.2, 0) is 9.59 Å². The molecule has 174 valence electrons. The molecule has 3 aromatic rings. The van der Waals surface area contributed by atoms with Crippen LogP contribution >= 0.6 is 0 Å². The number of ether oxygens (including phenoxy) is 2. The Labute approximate surface area is 198 Å². The van der Waals surface area contributed by atoms with Gasteiger partial charge in [0.05, 0.1) is 5.69 Å². The SMILES string of the molecule is CC(C)c1ccc(OCC(=O)c2ccc3c(c2)N(CC(=O)Nc2ccccc2)C(=O)CO3)cc1. The van der Waals surface area contributed by atoms with E-state index in [2.05, 4.69) is 19.2 Å². The van der Waals surface area contributed by atoms with Crippen molar-refractivity contribution in [2.75, 3.05) is 30.0 Å². The van der Waals surface area contributed by atoms with E-state index in [1.54, 1.807) is 30.3 Å². The van der Waals surface area contributed by atoms with Gasteiger partial charge in [0.1, 0.15) is 18.0 Å². The molecule has 7 heteroatoms. The van der Waals surface area contributed by atoms with Crippen LogP contribution in [0.5, 0.6) is 11.5 Å². The summed E-state index contributed by atoms with van der Waals surface area (Å²) in [6.07, 6.45) is 0. The molecule has 4 rings (SSSR count). The Kier molecular flexibility index (Phi) is 6.92. The number of carbonyl (C=O) groups is 3. The minimum atomic E-state index is -0.359. The summed E-state index contributed by atoms with van der Waals surface area (Å²) in [5.74, 6) is 0.498. The van der Waals surface area contributed by atoms with Crippen molar-refractivity contribution in [2.24, 2.45) is 0 Å². The summed E-state index contributed by atoms with van der Waals surface area (Å²) in [6.45, 7) is 3.70. The fourth-order valence-corrected chi connectivity index (χ4v) is 3.60. The molecule has 1 aliphatic heterocycles. The third-order valence-electron chi connectivity index (χ3n) is 5.50. The molecule has 0 atom stereocenters. The standard InChI is InChI=1S/C27H26N2O5/c1-18(2)19-8-11-22(12-9-19)33-16-24(30)20-10-13-25-23(14-20)29(27(32)17-34-25)15-26(31)28-21-6-4-3-5-7-21/h3-14,18H,15-17H2,1-2H3,(H,28,31). The van der Waals surface area contributed by atoms with Crippen molar-refractivity contribution in [3.05, 3.63) is 83.9 Å². The first kappa shape index (κ1) is 23.0. The topological polar surface area (TPSA) is 84.9 Å². The molecule has 0 radical (unpaired) electrons. The number of amides is 2. The fourth-order valence-electron chi connectivity index (χ4n) is 3.60. The summed E-state index contributed by atoms with van der Waals surface area (Å²) in [5.41, 5.74) is 2.57. The number of rotatable bonds is 8. The smallest absolute Gasteiger partial charge is 0.265 e. The first-order valence-electron chi connectivity index (χ1n) is 11.1. The maximum Gasteiger partial charge on any atom is 0.265 e. The van der Waals surface area contributed by atoms with Gasteiger partial charge in [0, 0.05) is 11.3 Å². The quantitative estimate of drug-likeness (QED) is 0.505. The van der Waals surface area contributed by atoms with E-state index in [0.717, 1.165) is 0 Å². The van der Waals surface area contributed by atoms with Crippen LogP contribution in [0.25, 0.3) is 0 Å². The number of anilines is 2. The maximum atomic E-state index is 12.8. The van der Waals surface area contributed by atoms with Crippen LogP contribution in [-0.4, -0.2) is 37.4 Å². The molecular formula is C27H26N2O5. The molecule has 0 spiro atoms. The minimum Gasteiger partial charge on any atom is -0.485 e. The van der Waals surface area contributed by atoms with Gasteiger partial charge in [-0.1, -0.05) is 44.2 Å². The van der Waals surface area contributed by atoms with E-state index in [1.165, 1.54) is 10.5 Å². The highest BCUT2D eigenvalue weighted by molar-refractivity contribution is 6.06. The molecule has 1 N–H and O–H groups in total. The molecule has 0 aromatic heterocycles. The second-order valence-corrected chi connectivity index (χ2v) is 8.30. The number of carbonyl (C=O) groups excluding carboxylic acids is 3. The summed E-state index contributed by atoms with van der Waals surface area (Å²) in [7, 11) is 0. The van der Waals surface area contributed by atoms with E-state index < -0.39 is 0 Å². The Morgan fingerprint density at radius 2 is 1.76 bits per heavy atom. The van der Waals surface area contributed by atoms with Gasteiger partial charge in [0.2, 0.25) is 5.91 Å². The zero-order valence-electron chi connectivity index (χ0n) is 19.1. The Hall–Kier alpha value is -4.13. The van der Waals surface area contributed by atoms with Gasteiger partial charge in [0.25, 0.3) is 5.91 Å². The fraction of sp³-hybridized carbons (Fsp3) is 0.222. The molecular weight excluding hydrogens is 432 g/mol. The van der Waals surface area contributed by atoms with Crippen molar-refractivity contribution in [2.45, 2.75) is 19.8 Å². The first-order chi connectivity index (χ1) is 16.4. The lowest BCUT2D eigenvalue weighted by molar-refractivity contribution is -0.123. The molecule has 7 nitrogen and oxygen atoms in total. The molecule has 0 unspecified atom stereocenters. The predicted molar refractivity (Wildman–Crippen MR) is 130 cm³/mol. The molecule has 34 heavy (non-hydrogen) atoms. The largest absolute Gasteiger partial charge is 0.485 e. The third kappa shape index (κ3) is 5.43. The highest BCUT2D eigenvalue weighted by atomic mass is 16.5. The lowest BCUT2D eigenvalue weighted by Gasteiger charge is -2.29. The molecule has 2 amide bonds. The van der Waals surface area contributed by atoms with Crippen molar-refractivity contribution in [3.8, 4) is 11.5 Å². The van der Waals surface area contributed by atoms with Crippen LogP contribution in [0.2, 0.25) is 0 Å². The molecule has 1 heterocycles. The zero-order chi connectivity index (χ0) is 24.1. The lowest BCUT2D eigenvalue weighted by Crippen LogP contribution is -2.43. The third-order valence-corrected chi connectivity index (χ3v) is 5.50. The molecule has 1 aliphatic rings. The number of hydrogen-bond donors (Lipinski definition) is 1. The zero-order valence-corrected chi connectivity index (χ0v) is 19.1. The molecule has 0 saturated carbocycles. The summed E-state index contributed by atoms with van der Waals surface area (Å²) >= 11 is 0. The number of para-hydroxylation sites is 1. The van der Waals surface area contributed by atoms with Crippen molar-refractivity contribution < 1.29 is 23.9 Å². The Morgan fingerprint density at radius 1 is 1.03 bits per heavy atom. The van der Waals surface area contributed by atoms with E-state index in [4.69, 9.17) is 9.47 Å². The molecule has 0 fully saturated rings. The normalized spacial score (nSPS) is 12.7. The van der Waals surface area contributed by atoms with Gasteiger partial charge in [0.15, 0.2) is 19.0 Å². The second-order valence-electron chi connectivity index (χ2n) is 8.30. The Bertz CT molecular complexity index is 1190. The van der Waals surface area contributed by atoms with E-state index >= 15 is 0 Å². The number of nitrogens with zero attached hydrogens (tertiary/aromatic N) is 1. The second kappa shape index (κ2) is 10.2. The minimum absolute atomic E-state index is 0.150. The summed E-state index contributed by atoms with van der Waals surface area (Å²) in [6, 6.07) is 21.5. The van der Waals surface area contributed by atoms with E-state index in [0.29, 0.717) is 34.4 Å². The number of ketones is 1. The van der Waals surface area contributed by atoms with Gasteiger partial charge in [-0.25, -0.2) is 0 Å². The summed E-state index contributed by atoms with van der Waals surface area (Å²) < 4.78 is 11.1. The highest BCUT2D eigenvalue weighted by Crippen LogP contribution is 2.33. The van der Waals surface area contributed by atoms with Crippen LogP contribution in [0.1, 0.15) is 35.7 Å². The summed E-state index contributed by atoms with van der Waals surface area (Å²) in [5, 5.41) is 2.77. The van der Waals surface area contributed by atoms with Gasteiger partial charge >= 0.3 is 0 Å². The van der Waals surface area contributed by atoms with Crippen molar-refractivity contribution in [1.82, 2.24) is 0 Å². The van der Waals surface area contributed by atoms with E-state index in [9.17, 15) is 14.4 Å². The Morgan fingerprint density at radius 3 is 2.47 bits per heavy atom. The lowest BCUT2D eigenvalue weighted by atomic mass is 10.0. The number of Topliss-reactive ketones (excluding diaryl/α,β-unsaturated/α-hetero) is 1. The van der Waals surface area contributed by atoms with E-state index in [-0.39, 0.29) is 37.4 Å². The molecule has 0 saturated heterocycles. The van der Waals surface area contributed by atoms with Crippen LogP contribution in [0.15, 0.2) is 72.8 Å². The van der Waals surface area contributed by atoms with Crippen molar-refractivity contribution >= 4 is 29.0 Å². The molecule has 3 aromatic carbocycles. The average Bonchev–Trinajstić information content (AvgIpc) is 2.85. The van der Waals surface area contributed by atoms with Crippen LogP contribution in [0, 0.1) is 0 Å². The van der Waals surface area contributed by atoms with Crippen LogP contribution in [0.3, 0.4) is 0 Å². The number of nitrogens with one attached hydrogen (secondary N) is 1. The predicted octanol–water partition coefficient (Wildman–Crippen LogP) is 4.44. The average molecular weight is 459 g/mol. The summed E-state index contributed by atoms with van der Waals surface area (Å²) in [4.78, 5) is 39.2. The van der Waals surface area contributed by atoms with Gasteiger partial charge in [-0.3, -0.25) is 19.3 Å². The van der Waals surface area contributed by atoms with E-state index in [1.807, 2.05) is 42.5 Å². The van der Waals surface area contributed by atoms with Crippen molar-refractivity contribution in [3.63, 3.8) is 0 Å². The van der Waals surface area contributed by atoms with Crippen LogP contribution < -0.4 is 19.7 Å². The number of hydrogen-bond acceptors (Lipinski definition) is 5. The van der Waals surface area contributed by atoms with Gasteiger partial charge in [-0.05, 0) is 53.9 Å². The Balaban J connectivity index is 1.45. The highest BCUT2D eigenvalue weighted by Gasteiger charge is 2.28. The number of benzene rings is 3. The molecule has 0 bridgehead atoms. The van der Waals surface area contributed by atoms with Gasteiger partial charge in [-0.2, -0.15) is 0 Å². The maximum absolute atomic E-state index is 12.8. The van der Waals surface area contributed by atoms with Crippen molar-refractivity contribution in [1.29, 1.82) is 0 Å². The monoisotopic (exact) mass is 458 g/mol. The van der Waals surface area contributed by atoms with Gasteiger partial charge in [-0.15, -0.1) is 0 Å². The van der Waals surface area contributed by atoms with Gasteiger partial charge < -0.3 is 14.8 Å². The first-order valence-corrected chi connectivity index (χ1v) is 11.1. The number of fused-ring (bicyclic) bond motifs is 1. The molecule has 0 aliphatic carbocycles.